The maximum atomic E-state index is 13.1. The van der Waals surface area contributed by atoms with Crippen molar-refractivity contribution in [3.63, 3.8) is 0 Å². The zero-order chi connectivity index (χ0) is 19.2. The Balaban J connectivity index is 1.57. The topological polar surface area (TPSA) is 41.6 Å². The van der Waals surface area contributed by atoms with Crippen molar-refractivity contribution >= 4 is 11.6 Å². The van der Waals surface area contributed by atoms with Gasteiger partial charge in [0.2, 0.25) is 5.91 Å². The summed E-state index contributed by atoms with van der Waals surface area (Å²) in [6, 6.07) is 14.1. The molecule has 1 N–H and O–H groups in total. The summed E-state index contributed by atoms with van der Waals surface area (Å²) >= 11 is 0. The molecule has 1 heterocycles. The Labute approximate surface area is 160 Å². The van der Waals surface area contributed by atoms with Crippen molar-refractivity contribution in [2.24, 2.45) is 5.92 Å². The summed E-state index contributed by atoms with van der Waals surface area (Å²) in [6.07, 6.45) is 1.96. The number of nitrogens with one attached hydrogen (secondary N) is 1. The predicted octanol–water partition coefficient (Wildman–Crippen LogP) is 4.46. The zero-order valence-corrected chi connectivity index (χ0v) is 16.0. The van der Waals surface area contributed by atoms with Gasteiger partial charge in [-0.15, -0.1) is 0 Å². The van der Waals surface area contributed by atoms with Crippen molar-refractivity contribution in [2.45, 2.75) is 39.3 Å². The van der Waals surface area contributed by atoms with Gasteiger partial charge < -0.3 is 10.1 Å². The largest absolute Gasteiger partial charge is 0.491 e. The van der Waals surface area contributed by atoms with E-state index in [9.17, 15) is 9.18 Å². The number of ether oxygens (including phenoxy) is 1. The Kier molecular flexibility index (Phi) is 6.45. The zero-order valence-electron chi connectivity index (χ0n) is 16.0. The third-order valence-corrected chi connectivity index (χ3v) is 4.67. The van der Waals surface area contributed by atoms with Gasteiger partial charge in [0.15, 0.2) is 0 Å². The van der Waals surface area contributed by atoms with Crippen LogP contribution in [0, 0.1) is 11.7 Å². The number of carbonyl (C=O) groups excluding carboxylic acids is 1. The van der Waals surface area contributed by atoms with Crippen LogP contribution in [-0.4, -0.2) is 30.0 Å². The highest BCUT2D eigenvalue weighted by Crippen LogP contribution is 2.23. The summed E-state index contributed by atoms with van der Waals surface area (Å²) in [6.45, 7) is 6.36. The van der Waals surface area contributed by atoms with Gasteiger partial charge in [-0.05, 0) is 63.1 Å². The molecule has 2 aromatic carbocycles. The van der Waals surface area contributed by atoms with Crippen LogP contribution < -0.4 is 10.1 Å². The van der Waals surface area contributed by atoms with E-state index in [-0.39, 0.29) is 23.7 Å². The number of amides is 1. The molecule has 1 atom stereocenters. The fourth-order valence-electron chi connectivity index (χ4n) is 3.42. The number of likely N-dealkylation sites (tertiary alicyclic amines) is 1. The van der Waals surface area contributed by atoms with E-state index in [1.807, 2.05) is 38.1 Å². The van der Waals surface area contributed by atoms with Gasteiger partial charge >= 0.3 is 0 Å². The summed E-state index contributed by atoms with van der Waals surface area (Å²) in [7, 11) is 0. The number of rotatable bonds is 6. The summed E-state index contributed by atoms with van der Waals surface area (Å²) in [5.74, 6) is 0.525. The van der Waals surface area contributed by atoms with Gasteiger partial charge in [0, 0.05) is 24.8 Å². The van der Waals surface area contributed by atoms with Crippen molar-refractivity contribution in [1.29, 1.82) is 0 Å². The number of hydrogen-bond acceptors (Lipinski definition) is 3. The number of halogens is 1. The van der Waals surface area contributed by atoms with Crippen LogP contribution in [0.4, 0.5) is 10.1 Å². The molecule has 0 radical (unpaired) electrons. The molecule has 1 aliphatic rings. The van der Waals surface area contributed by atoms with Gasteiger partial charge in [0.25, 0.3) is 0 Å². The lowest BCUT2D eigenvalue weighted by Crippen LogP contribution is -2.40. The lowest BCUT2D eigenvalue weighted by molar-refractivity contribution is -0.121. The molecule has 0 aliphatic carbocycles. The third-order valence-electron chi connectivity index (χ3n) is 4.67. The highest BCUT2D eigenvalue weighted by Gasteiger charge is 2.26. The first-order valence-corrected chi connectivity index (χ1v) is 9.54. The minimum atomic E-state index is -0.224. The molecule has 1 aliphatic heterocycles. The standard InChI is InChI=1S/C22H27FN2O2/c1-16(2)27-21-7-3-6-20(13-21)24-22(26)18-5-4-12-25(15-18)14-17-8-10-19(23)11-9-17/h3,6-11,13,16,18H,4-5,12,14-15H2,1-2H3,(H,24,26)/t18-/m1/s1. The monoisotopic (exact) mass is 370 g/mol. The van der Waals surface area contributed by atoms with Gasteiger partial charge in [-0.3, -0.25) is 9.69 Å². The highest BCUT2D eigenvalue weighted by molar-refractivity contribution is 5.92. The van der Waals surface area contributed by atoms with Crippen LogP contribution in [0.1, 0.15) is 32.3 Å². The van der Waals surface area contributed by atoms with Gasteiger partial charge in [-0.2, -0.15) is 0 Å². The van der Waals surface area contributed by atoms with Crippen LogP contribution in [0.15, 0.2) is 48.5 Å². The van der Waals surface area contributed by atoms with Crippen molar-refractivity contribution in [3.8, 4) is 5.75 Å². The first-order chi connectivity index (χ1) is 13.0. The van der Waals surface area contributed by atoms with Crippen molar-refractivity contribution < 1.29 is 13.9 Å². The molecule has 2 aromatic rings. The molecule has 5 heteroatoms. The number of piperidine rings is 1. The molecule has 1 fully saturated rings. The first kappa shape index (κ1) is 19.4. The first-order valence-electron chi connectivity index (χ1n) is 9.54. The Morgan fingerprint density at radius 3 is 2.78 bits per heavy atom. The molecule has 144 valence electrons. The smallest absolute Gasteiger partial charge is 0.228 e. The minimum Gasteiger partial charge on any atom is -0.491 e. The minimum absolute atomic E-state index is 0.0421. The molecule has 27 heavy (non-hydrogen) atoms. The SMILES string of the molecule is CC(C)Oc1cccc(NC(=O)[C@@H]2CCCN(Cc3ccc(F)cc3)C2)c1. The number of carbonyl (C=O) groups is 1. The summed E-state index contributed by atoms with van der Waals surface area (Å²) < 4.78 is 18.8. The second kappa shape index (κ2) is 9.00. The Hall–Kier alpha value is -2.40. The van der Waals surface area contributed by atoms with E-state index >= 15 is 0 Å². The second-order valence-electron chi connectivity index (χ2n) is 7.38. The van der Waals surface area contributed by atoms with E-state index in [1.165, 1.54) is 12.1 Å². The van der Waals surface area contributed by atoms with Gasteiger partial charge in [0.1, 0.15) is 11.6 Å². The number of nitrogens with zero attached hydrogens (tertiary/aromatic N) is 1. The number of anilines is 1. The van der Waals surface area contributed by atoms with Crippen LogP contribution >= 0.6 is 0 Å². The van der Waals surface area contributed by atoms with Crippen LogP contribution in [0.5, 0.6) is 5.75 Å². The van der Waals surface area contributed by atoms with Crippen molar-refractivity contribution in [3.05, 3.63) is 59.9 Å². The maximum Gasteiger partial charge on any atom is 0.228 e. The molecule has 0 spiro atoms. The van der Waals surface area contributed by atoms with Crippen LogP contribution in [0.25, 0.3) is 0 Å². The molecule has 1 saturated heterocycles. The van der Waals surface area contributed by atoms with Crippen LogP contribution in [-0.2, 0) is 11.3 Å². The molecule has 0 aromatic heterocycles. The molecular formula is C22H27FN2O2. The van der Waals surface area contributed by atoms with Crippen LogP contribution in [0.3, 0.4) is 0 Å². The average Bonchev–Trinajstić information content (AvgIpc) is 2.64. The Morgan fingerprint density at radius 1 is 1.26 bits per heavy atom. The fourth-order valence-corrected chi connectivity index (χ4v) is 3.42. The normalized spacial score (nSPS) is 17.7. The summed E-state index contributed by atoms with van der Waals surface area (Å²) in [5, 5.41) is 3.02. The maximum absolute atomic E-state index is 13.1. The van der Waals surface area contributed by atoms with E-state index < -0.39 is 0 Å². The van der Waals surface area contributed by atoms with E-state index in [2.05, 4.69) is 10.2 Å². The molecule has 0 saturated carbocycles. The van der Waals surface area contributed by atoms with Gasteiger partial charge in [0.05, 0.1) is 12.0 Å². The van der Waals surface area contributed by atoms with Gasteiger partial charge in [-0.25, -0.2) is 4.39 Å². The second-order valence-corrected chi connectivity index (χ2v) is 7.38. The fraction of sp³-hybridized carbons (Fsp3) is 0.409. The summed E-state index contributed by atoms with van der Waals surface area (Å²) in [5.41, 5.74) is 1.82. The molecule has 3 rings (SSSR count). The third kappa shape index (κ3) is 5.79. The van der Waals surface area contributed by atoms with E-state index in [0.29, 0.717) is 6.54 Å². The van der Waals surface area contributed by atoms with Gasteiger partial charge in [-0.1, -0.05) is 18.2 Å². The van der Waals surface area contributed by atoms with Crippen molar-refractivity contribution in [1.82, 2.24) is 4.90 Å². The Bertz CT molecular complexity index is 761. The lowest BCUT2D eigenvalue weighted by atomic mass is 9.96. The average molecular weight is 370 g/mol. The van der Waals surface area contributed by atoms with Crippen molar-refractivity contribution in [2.75, 3.05) is 18.4 Å². The molecule has 0 bridgehead atoms. The number of hydrogen-bond donors (Lipinski definition) is 1. The van der Waals surface area contributed by atoms with E-state index in [4.69, 9.17) is 4.74 Å². The molecule has 4 nitrogen and oxygen atoms in total. The van der Waals surface area contributed by atoms with E-state index in [1.54, 1.807) is 12.1 Å². The quantitative estimate of drug-likeness (QED) is 0.816. The lowest BCUT2D eigenvalue weighted by Gasteiger charge is -2.32. The molecular weight excluding hydrogens is 343 g/mol. The Morgan fingerprint density at radius 2 is 2.04 bits per heavy atom. The molecule has 0 unspecified atom stereocenters. The van der Waals surface area contributed by atoms with E-state index in [0.717, 1.165) is 42.9 Å². The van der Waals surface area contributed by atoms with Crippen LogP contribution in [0.2, 0.25) is 0 Å². The summed E-state index contributed by atoms with van der Waals surface area (Å²) in [4.78, 5) is 15.0. The highest BCUT2D eigenvalue weighted by atomic mass is 19.1. The number of benzene rings is 2. The molecule has 1 amide bonds. The predicted molar refractivity (Wildman–Crippen MR) is 105 cm³/mol.